The highest BCUT2D eigenvalue weighted by atomic mass is 16.7. The number of rotatable bonds is 4. The van der Waals surface area contributed by atoms with Crippen LogP contribution in [0.2, 0.25) is 0 Å². The number of Topliss-reactive ketones (excluding diaryl/α,β-unsaturated/α-hetero) is 1. The van der Waals surface area contributed by atoms with Gasteiger partial charge >= 0.3 is 5.97 Å². The fraction of sp³-hybridized carbons (Fsp3) is 0.643. The molecule has 0 N–H and O–H groups in total. The summed E-state index contributed by atoms with van der Waals surface area (Å²) in [5, 5.41) is 0. The summed E-state index contributed by atoms with van der Waals surface area (Å²) in [5.74, 6) is 1.41. The minimum absolute atomic E-state index is 0.288. The van der Waals surface area contributed by atoms with Crippen LogP contribution in [-0.2, 0) is 19.0 Å². The summed E-state index contributed by atoms with van der Waals surface area (Å²) >= 11 is 0. The number of ketones is 1. The van der Waals surface area contributed by atoms with E-state index in [1.807, 2.05) is 18.2 Å². The van der Waals surface area contributed by atoms with Gasteiger partial charge in [0.15, 0.2) is 5.79 Å². The van der Waals surface area contributed by atoms with Crippen molar-refractivity contribution in [2.24, 2.45) is 23.2 Å². The zero-order valence-corrected chi connectivity index (χ0v) is 19.4. The van der Waals surface area contributed by atoms with Crippen LogP contribution in [0, 0.1) is 23.2 Å². The number of carbonyl (C=O) groups is 2. The van der Waals surface area contributed by atoms with Crippen molar-refractivity contribution in [3.05, 3.63) is 47.0 Å². The summed E-state index contributed by atoms with van der Waals surface area (Å²) in [4.78, 5) is 25.6. The zero-order chi connectivity index (χ0) is 22.5. The van der Waals surface area contributed by atoms with E-state index >= 15 is 0 Å². The third-order valence-corrected chi connectivity index (χ3v) is 9.43. The van der Waals surface area contributed by atoms with E-state index in [2.05, 4.69) is 0 Å². The molecule has 3 fully saturated rings. The Hall–Kier alpha value is -1.98. The van der Waals surface area contributed by atoms with Gasteiger partial charge in [-0.15, -0.1) is 0 Å². The number of benzene rings is 1. The molecule has 1 spiro atoms. The lowest BCUT2D eigenvalue weighted by Gasteiger charge is -2.52. The van der Waals surface area contributed by atoms with Crippen LogP contribution < -0.4 is 0 Å². The minimum Gasteiger partial charge on any atom is -0.462 e. The molecule has 33 heavy (non-hydrogen) atoms. The number of ether oxygens (including phenoxy) is 3. The summed E-state index contributed by atoms with van der Waals surface area (Å²) in [7, 11) is 0. The molecule has 0 radical (unpaired) electrons. The highest BCUT2D eigenvalue weighted by Crippen LogP contribution is 2.62. The van der Waals surface area contributed by atoms with Crippen molar-refractivity contribution in [2.45, 2.75) is 70.0 Å². The lowest BCUT2D eigenvalue weighted by atomic mass is 9.53. The van der Waals surface area contributed by atoms with Crippen molar-refractivity contribution in [2.75, 3.05) is 19.8 Å². The summed E-state index contributed by atoms with van der Waals surface area (Å²) in [6, 6.07) is 9.13. The van der Waals surface area contributed by atoms with Crippen LogP contribution in [0.5, 0.6) is 0 Å². The molecule has 1 heterocycles. The van der Waals surface area contributed by atoms with E-state index in [1.165, 1.54) is 6.42 Å². The molecule has 4 aliphatic carbocycles. The van der Waals surface area contributed by atoms with Gasteiger partial charge in [0.25, 0.3) is 0 Å². The minimum atomic E-state index is -0.351. The number of hydrogen-bond acceptors (Lipinski definition) is 5. The SMILES string of the molecule is O=C(OCC[C@]12CCC3C4=C(CCC3C1CCC2=O)CC1(CC4)OCCO1)c1ccccc1. The molecule has 1 aliphatic heterocycles. The van der Waals surface area contributed by atoms with E-state index in [9.17, 15) is 9.59 Å². The highest BCUT2D eigenvalue weighted by molar-refractivity contribution is 5.89. The van der Waals surface area contributed by atoms with E-state index in [0.29, 0.717) is 48.5 Å². The molecule has 1 aromatic rings. The maximum absolute atomic E-state index is 13.2. The topological polar surface area (TPSA) is 61.8 Å². The smallest absolute Gasteiger partial charge is 0.338 e. The summed E-state index contributed by atoms with van der Waals surface area (Å²) < 4.78 is 17.7. The predicted octanol–water partition coefficient (Wildman–Crippen LogP) is 5.24. The number of hydrogen-bond donors (Lipinski definition) is 0. The second kappa shape index (κ2) is 8.35. The Morgan fingerprint density at radius 2 is 1.82 bits per heavy atom. The average molecular weight is 451 g/mol. The monoisotopic (exact) mass is 450 g/mol. The molecule has 0 bridgehead atoms. The molecule has 5 aliphatic rings. The lowest BCUT2D eigenvalue weighted by Crippen LogP contribution is -2.47. The normalized spacial score (nSPS) is 34.7. The predicted molar refractivity (Wildman–Crippen MR) is 122 cm³/mol. The summed E-state index contributed by atoms with van der Waals surface area (Å²) in [6.07, 6.45) is 9.69. The number of esters is 1. The fourth-order valence-electron chi connectivity index (χ4n) is 7.95. The quantitative estimate of drug-likeness (QED) is 0.464. The van der Waals surface area contributed by atoms with Crippen LogP contribution in [-0.4, -0.2) is 37.4 Å². The van der Waals surface area contributed by atoms with Gasteiger partial charge in [0.05, 0.1) is 25.4 Å². The zero-order valence-electron chi connectivity index (χ0n) is 19.4. The van der Waals surface area contributed by atoms with E-state index < -0.39 is 0 Å². The molecular formula is C28H34O5. The molecule has 1 saturated heterocycles. The van der Waals surface area contributed by atoms with E-state index in [0.717, 1.165) is 58.2 Å². The molecule has 0 aromatic heterocycles. The summed E-state index contributed by atoms with van der Waals surface area (Å²) in [6.45, 7) is 1.77. The Kier molecular flexibility index (Phi) is 5.45. The van der Waals surface area contributed by atoms with Gasteiger partial charge in [-0.2, -0.15) is 0 Å². The molecule has 1 aromatic carbocycles. The third-order valence-electron chi connectivity index (χ3n) is 9.43. The number of allylic oxidation sites excluding steroid dienone is 1. The van der Waals surface area contributed by atoms with Gasteiger partial charge in [-0.3, -0.25) is 4.79 Å². The fourth-order valence-corrected chi connectivity index (χ4v) is 7.95. The standard InChI is InChI=1S/C28H34O5/c29-25-9-8-24-23-7-6-20-18-28(32-16-17-33-28)13-11-21(20)22(23)10-12-27(24,25)14-15-31-26(30)19-4-2-1-3-5-19/h1-5,22-24H,6-18H2/t22?,23?,24?,27-/m1/s1. The van der Waals surface area contributed by atoms with Gasteiger partial charge in [0.2, 0.25) is 0 Å². The van der Waals surface area contributed by atoms with Crippen LogP contribution >= 0.6 is 0 Å². The van der Waals surface area contributed by atoms with Gasteiger partial charge in [-0.1, -0.05) is 29.3 Å². The van der Waals surface area contributed by atoms with E-state index in [4.69, 9.17) is 14.2 Å². The molecule has 5 heteroatoms. The van der Waals surface area contributed by atoms with Gasteiger partial charge in [-0.05, 0) is 74.8 Å². The molecule has 5 nitrogen and oxygen atoms in total. The van der Waals surface area contributed by atoms with E-state index in [-0.39, 0.29) is 17.2 Å². The van der Waals surface area contributed by atoms with Gasteiger partial charge in [-0.25, -0.2) is 4.79 Å². The lowest BCUT2D eigenvalue weighted by molar-refractivity contribution is -0.166. The second-order valence-corrected chi connectivity index (χ2v) is 10.7. The summed E-state index contributed by atoms with van der Waals surface area (Å²) in [5.41, 5.74) is 3.53. The molecular weight excluding hydrogens is 416 g/mol. The van der Waals surface area contributed by atoms with Crippen LogP contribution in [0.15, 0.2) is 41.5 Å². The van der Waals surface area contributed by atoms with Crippen molar-refractivity contribution in [1.29, 1.82) is 0 Å². The number of fused-ring (bicyclic) bond motifs is 4. The Labute approximate surface area is 195 Å². The van der Waals surface area contributed by atoms with Crippen molar-refractivity contribution in [1.82, 2.24) is 0 Å². The first kappa shape index (κ1) is 21.5. The highest BCUT2D eigenvalue weighted by Gasteiger charge is 2.58. The van der Waals surface area contributed by atoms with Gasteiger partial charge < -0.3 is 14.2 Å². The average Bonchev–Trinajstić information content (AvgIpc) is 3.43. The third kappa shape index (κ3) is 3.59. The maximum atomic E-state index is 13.2. The second-order valence-electron chi connectivity index (χ2n) is 10.7. The first-order chi connectivity index (χ1) is 16.1. The van der Waals surface area contributed by atoms with Crippen LogP contribution in [0.4, 0.5) is 0 Å². The Morgan fingerprint density at radius 3 is 2.64 bits per heavy atom. The van der Waals surface area contributed by atoms with Crippen molar-refractivity contribution < 1.29 is 23.8 Å². The van der Waals surface area contributed by atoms with Crippen molar-refractivity contribution in [3.8, 4) is 0 Å². The maximum Gasteiger partial charge on any atom is 0.338 e. The first-order valence-corrected chi connectivity index (χ1v) is 12.8. The van der Waals surface area contributed by atoms with Gasteiger partial charge in [0.1, 0.15) is 5.78 Å². The van der Waals surface area contributed by atoms with Crippen LogP contribution in [0.25, 0.3) is 0 Å². The Balaban J connectivity index is 1.16. The molecule has 3 unspecified atom stereocenters. The number of carbonyl (C=O) groups excluding carboxylic acids is 2. The molecule has 176 valence electrons. The van der Waals surface area contributed by atoms with Crippen molar-refractivity contribution >= 4 is 11.8 Å². The largest absolute Gasteiger partial charge is 0.462 e. The van der Waals surface area contributed by atoms with Gasteiger partial charge in [0, 0.05) is 24.7 Å². The molecule has 2 saturated carbocycles. The first-order valence-electron chi connectivity index (χ1n) is 12.8. The molecule has 4 atom stereocenters. The molecule has 6 rings (SSSR count). The van der Waals surface area contributed by atoms with Crippen LogP contribution in [0.1, 0.15) is 74.6 Å². The van der Waals surface area contributed by atoms with Crippen LogP contribution in [0.3, 0.4) is 0 Å². The Bertz CT molecular complexity index is 960. The molecule has 0 amide bonds. The van der Waals surface area contributed by atoms with Crippen molar-refractivity contribution in [3.63, 3.8) is 0 Å². The van der Waals surface area contributed by atoms with E-state index in [1.54, 1.807) is 23.3 Å². The Morgan fingerprint density at radius 1 is 1.00 bits per heavy atom.